The second-order valence-electron chi connectivity index (χ2n) is 5.29. The van der Waals surface area contributed by atoms with Crippen molar-refractivity contribution in [1.82, 2.24) is 5.32 Å². The Balaban J connectivity index is 1.60. The first-order chi connectivity index (χ1) is 11.6. The van der Waals surface area contributed by atoms with Crippen LogP contribution in [-0.2, 0) is 9.53 Å². The monoisotopic (exact) mass is 347 g/mol. The van der Waals surface area contributed by atoms with E-state index in [1.807, 2.05) is 43.5 Å². The lowest BCUT2D eigenvalue weighted by Crippen LogP contribution is -2.25. The summed E-state index contributed by atoms with van der Waals surface area (Å²) >= 11 is 1.39. The van der Waals surface area contributed by atoms with Gasteiger partial charge in [0.05, 0.1) is 11.5 Å². The number of thiophene rings is 1. The zero-order chi connectivity index (χ0) is 17.4. The molecule has 2 rings (SSSR count). The van der Waals surface area contributed by atoms with E-state index in [-0.39, 0.29) is 19.1 Å². The first kappa shape index (κ1) is 18.0. The summed E-state index contributed by atoms with van der Waals surface area (Å²) in [5.41, 5.74) is 2.13. The molecule has 0 saturated carbocycles. The number of hydrogen-bond donors (Lipinski definition) is 1. The summed E-state index contributed by atoms with van der Waals surface area (Å²) in [6.07, 6.45) is 0.562. The van der Waals surface area contributed by atoms with Gasteiger partial charge in [-0.05, 0) is 48.9 Å². The van der Waals surface area contributed by atoms with Crippen LogP contribution in [0.3, 0.4) is 0 Å². The molecule has 0 unspecified atom stereocenters. The Morgan fingerprint density at radius 3 is 2.75 bits per heavy atom. The number of ether oxygens (including phenoxy) is 2. The number of aryl methyl sites for hydroxylation is 1. The molecule has 0 fully saturated rings. The fourth-order valence-electron chi connectivity index (χ4n) is 2.01. The van der Waals surface area contributed by atoms with Gasteiger partial charge in [0.25, 0.3) is 5.91 Å². The smallest absolute Gasteiger partial charge is 0.344 e. The van der Waals surface area contributed by atoms with Crippen LogP contribution in [0.5, 0.6) is 5.75 Å². The van der Waals surface area contributed by atoms with Crippen LogP contribution in [-0.4, -0.2) is 31.6 Å². The quantitative estimate of drug-likeness (QED) is 0.589. The number of amides is 1. The van der Waals surface area contributed by atoms with E-state index in [1.54, 1.807) is 6.07 Å². The van der Waals surface area contributed by atoms with Crippen LogP contribution in [0, 0.1) is 13.8 Å². The lowest BCUT2D eigenvalue weighted by atomic mass is 10.1. The van der Waals surface area contributed by atoms with Gasteiger partial charge in [0.15, 0.2) is 6.61 Å². The fourth-order valence-corrected chi connectivity index (χ4v) is 2.65. The van der Waals surface area contributed by atoms with E-state index >= 15 is 0 Å². The van der Waals surface area contributed by atoms with Crippen molar-refractivity contribution in [2.45, 2.75) is 20.3 Å². The van der Waals surface area contributed by atoms with E-state index in [0.29, 0.717) is 23.6 Å². The van der Waals surface area contributed by atoms with Crippen LogP contribution >= 0.6 is 11.3 Å². The predicted octanol–water partition coefficient (Wildman–Crippen LogP) is 3.11. The van der Waals surface area contributed by atoms with Crippen molar-refractivity contribution in [3.63, 3.8) is 0 Å². The van der Waals surface area contributed by atoms with Gasteiger partial charge >= 0.3 is 5.97 Å². The minimum absolute atomic E-state index is 0.102. The molecule has 1 N–H and O–H groups in total. The molecule has 0 radical (unpaired) electrons. The first-order valence-corrected chi connectivity index (χ1v) is 8.62. The molecule has 1 heterocycles. The number of nitrogens with one attached hydrogen (secondary N) is 1. The van der Waals surface area contributed by atoms with Crippen molar-refractivity contribution >= 4 is 23.2 Å². The third-order valence-electron chi connectivity index (χ3n) is 3.52. The van der Waals surface area contributed by atoms with Gasteiger partial charge in [0.2, 0.25) is 0 Å². The van der Waals surface area contributed by atoms with Gasteiger partial charge in [0, 0.05) is 6.54 Å². The average Bonchev–Trinajstić information content (AvgIpc) is 3.10. The Morgan fingerprint density at radius 1 is 1.17 bits per heavy atom. The van der Waals surface area contributed by atoms with Crippen molar-refractivity contribution in [3.8, 4) is 5.75 Å². The van der Waals surface area contributed by atoms with E-state index in [9.17, 15) is 9.59 Å². The van der Waals surface area contributed by atoms with Crippen LogP contribution in [0.4, 0.5) is 0 Å². The molecule has 0 atom stereocenters. The zero-order valence-corrected chi connectivity index (χ0v) is 14.7. The maximum Gasteiger partial charge on any atom is 0.344 e. The fraction of sp³-hybridized carbons (Fsp3) is 0.333. The Bertz CT molecular complexity index is 682. The van der Waals surface area contributed by atoms with E-state index in [0.717, 1.165) is 11.1 Å². The molecule has 0 saturated heterocycles. The normalized spacial score (nSPS) is 10.2. The number of benzene rings is 1. The maximum absolute atomic E-state index is 11.7. The number of carbonyl (C=O) groups is 2. The minimum Gasteiger partial charge on any atom is -0.482 e. The van der Waals surface area contributed by atoms with Crippen LogP contribution in [0.15, 0.2) is 35.7 Å². The molecule has 128 valence electrons. The summed E-state index contributed by atoms with van der Waals surface area (Å²) in [6, 6.07) is 9.31. The Hall–Kier alpha value is -2.34. The molecule has 1 amide bonds. The Labute approximate surface area is 145 Å². The van der Waals surface area contributed by atoms with Crippen LogP contribution in [0.25, 0.3) is 0 Å². The molecular weight excluding hydrogens is 326 g/mol. The molecule has 24 heavy (non-hydrogen) atoms. The van der Waals surface area contributed by atoms with Crippen molar-refractivity contribution in [2.75, 3.05) is 19.8 Å². The standard InChI is InChI=1S/C18H21NO4S/c1-13-6-3-7-15(14(13)2)23-12-17(20)22-10-5-9-19-18(21)16-8-4-11-24-16/h3-4,6-8,11H,5,9-10,12H2,1-2H3,(H,19,21). The van der Waals surface area contributed by atoms with Crippen molar-refractivity contribution in [1.29, 1.82) is 0 Å². The summed E-state index contributed by atoms with van der Waals surface area (Å²) in [6.45, 7) is 4.53. The summed E-state index contributed by atoms with van der Waals surface area (Å²) in [5.74, 6) is 0.172. The third-order valence-corrected chi connectivity index (χ3v) is 4.38. The summed E-state index contributed by atoms with van der Waals surface area (Å²) in [5, 5.41) is 4.63. The van der Waals surface area contributed by atoms with Crippen molar-refractivity contribution in [3.05, 3.63) is 51.7 Å². The highest BCUT2D eigenvalue weighted by Crippen LogP contribution is 2.20. The summed E-state index contributed by atoms with van der Waals surface area (Å²) in [4.78, 5) is 24.0. The Morgan fingerprint density at radius 2 is 2.00 bits per heavy atom. The predicted molar refractivity (Wildman–Crippen MR) is 93.6 cm³/mol. The molecule has 2 aromatic rings. The largest absolute Gasteiger partial charge is 0.482 e. The molecule has 1 aromatic carbocycles. The van der Waals surface area contributed by atoms with Gasteiger partial charge in [-0.25, -0.2) is 4.79 Å². The number of hydrogen-bond acceptors (Lipinski definition) is 5. The third kappa shape index (κ3) is 5.38. The number of carbonyl (C=O) groups excluding carboxylic acids is 2. The van der Waals surface area contributed by atoms with Crippen LogP contribution in [0.2, 0.25) is 0 Å². The van der Waals surface area contributed by atoms with Gasteiger partial charge in [-0.3, -0.25) is 4.79 Å². The van der Waals surface area contributed by atoms with Crippen molar-refractivity contribution in [2.24, 2.45) is 0 Å². The van der Waals surface area contributed by atoms with Gasteiger partial charge in [-0.1, -0.05) is 18.2 Å². The highest BCUT2D eigenvalue weighted by Gasteiger charge is 2.08. The number of rotatable bonds is 8. The second-order valence-corrected chi connectivity index (χ2v) is 6.24. The van der Waals surface area contributed by atoms with Crippen LogP contribution < -0.4 is 10.1 Å². The maximum atomic E-state index is 11.7. The average molecular weight is 347 g/mol. The summed E-state index contributed by atoms with van der Waals surface area (Å²) < 4.78 is 10.6. The topological polar surface area (TPSA) is 64.6 Å². The van der Waals surface area contributed by atoms with E-state index in [4.69, 9.17) is 9.47 Å². The van der Waals surface area contributed by atoms with Gasteiger partial charge in [0.1, 0.15) is 5.75 Å². The second kappa shape index (κ2) is 9.08. The Kier molecular flexibility index (Phi) is 6.81. The molecule has 0 aliphatic rings. The minimum atomic E-state index is -0.416. The van der Waals surface area contributed by atoms with E-state index < -0.39 is 5.97 Å². The zero-order valence-electron chi connectivity index (χ0n) is 13.8. The molecule has 0 spiro atoms. The highest BCUT2D eigenvalue weighted by atomic mass is 32.1. The lowest BCUT2D eigenvalue weighted by molar-refractivity contribution is -0.146. The van der Waals surface area contributed by atoms with E-state index in [1.165, 1.54) is 11.3 Å². The summed E-state index contributed by atoms with van der Waals surface area (Å²) in [7, 11) is 0. The van der Waals surface area contributed by atoms with Crippen LogP contribution in [0.1, 0.15) is 27.2 Å². The SMILES string of the molecule is Cc1cccc(OCC(=O)OCCCNC(=O)c2cccs2)c1C. The van der Waals surface area contributed by atoms with Crippen molar-refractivity contribution < 1.29 is 19.1 Å². The number of esters is 1. The lowest BCUT2D eigenvalue weighted by Gasteiger charge is -2.10. The molecule has 6 heteroatoms. The molecule has 5 nitrogen and oxygen atoms in total. The molecular formula is C18H21NO4S. The van der Waals surface area contributed by atoms with E-state index in [2.05, 4.69) is 5.32 Å². The van der Waals surface area contributed by atoms with Gasteiger partial charge in [-0.2, -0.15) is 0 Å². The van der Waals surface area contributed by atoms with Gasteiger partial charge < -0.3 is 14.8 Å². The molecule has 1 aromatic heterocycles. The molecule has 0 bridgehead atoms. The first-order valence-electron chi connectivity index (χ1n) is 7.74. The van der Waals surface area contributed by atoms with Gasteiger partial charge in [-0.15, -0.1) is 11.3 Å². The highest BCUT2D eigenvalue weighted by molar-refractivity contribution is 7.12. The molecule has 0 aliphatic carbocycles. The molecule has 0 aliphatic heterocycles.